The Labute approximate surface area is 125 Å². The summed E-state index contributed by atoms with van der Waals surface area (Å²) in [6.07, 6.45) is 1.73. The Morgan fingerprint density at radius 2 is 1.95 bits per heavy atom. The molecule has 0 aliphatic carbocycles. The molecule has 0 aromatic heterocycles. The first-order valence-electron chi connectivity index (χ1n) is 7.43. The van der Waals surface area contributed by atoms with Gasteiger partial charge < -0.3 is 15.3 Å². The minimum Gasteiger partial charge on any atom is -0.481 e. The molecular formula is C15H26N2O4. The fraction of sp³-hybridized carbons (Fsp3) is 0.800. The average Bonchev–Trinajstić information content (AvgIpc) is 2.36. The molecule has 1 saturated heterocycles. The van der Waals surface area contributed by atoms with Crippen LogP contribution in [0.1, 0.15) is 47.0 Å². The van der Waals surface area contributed by atoms with E-state index in [1.165, 1.54) is 0 Å². The summed E-state index contributed by atoms with van der Waals surface area (Å²) in [6, 6.07) is -0.583. The zero-order chi connectivity index (χ0) is 16.2. The van der Waals surface area contributed by atoms with Crippen molar-refractivity contribution in [1.29, 1.82) is 0 Å². The third-order valence-corrected chi connectivity index (χ3v) is 3.69. The zero-order valence-corrected chi connectivity index (χ0v) is 13.3. The van der Waals surface area contributed by atoms with Crippen LogP contribution in [0.2, 0.25) is 0 Å². The third-order valence-electron chi connectivity index (χ3n) is 3.69. The van der Waals surface area contributed by atoms with E-state index >= 15 is 0 Å². The van der Waals surface area contributed by atoms with Crippen molar-refractivity contribution in [1.82, 2.24) is 10.2 Å². The molecule has 0 spiro atoms. The summed E-state index contributed by atoms with van der Waals surface area (Å²) in [5.74, 6) is -1.13. The van der Waals surface area contributed by atoms with Gasteiger partial charge in [-0.1, -0.05) is 20.8 Å². The topological polar surface area (TPSA) is 86.7 Å². The van der Waals surface area contributed by atoms with Crippen LogP contribution in [-0.2, 0) is 14.4 Å². The molecule has 2 amide bonds. The van der Waals surface area contributed by atoms with E-state index in [-0.39, 0.29) is 24.2 Å². The van der Waals surface area contributed by atoms with E-state index in [0.29, 0.717) is 13.1 Å². The number of carboxylic acids is 1. The number of rotatable bonds is 4. The summed E-state index contributed by atoms with van der Waals surface area (Å²) in [6.45, 7) is 8.15. The van der Waals surface area contributed by atoms with Crippen LogP contribution < -0.4 is 5.32 Å². The minimum absolute atomic E-state index is 0.00529. The van der Waals surface area contributed by atoms with E-state index in [9.17, 15) is 14.4 Å². The van der Waals surface area contributed by atoms with Gasteiger partial charge in [0.1, 0.15) is 6.04 Å². The smallest absolute Gasteiger partial charge is 0.303 e. The van der Waals surface area contributed by atoms with Gasteiger partial charge in [-0.15, -0.1) is 0 Å². The number of nitrogens with zero attached hydrogens (tertiary/aromatic N) is 1. The first-order valence-corrected chi connectivity index (χ1v) is 7.43. The number of hydrogen-bond donors (Lipinski definition) is 2. The maximum atomic E-state index is 12.4. The minimum atomic E-state index is -0.830. The second-order valence-electron chi connectivity index (χ2n) is 6.84. The van der Waals surface area contributed by atoms with Crippen LogP contribution in [0.3, 0.4) is 0 Å². The standard InChI is InChI=1S/C15H26N2O4/c1-10(16-14(21)15(2,3)4)13(20)17-7-5-6-11(9-17)8-12(18)19/h10-11H,5-9H2,1-4H3,(H,16,21)(H,18,19). The molecule has 6 heteroatoms. The molecule has 0 saturated carbocycles. The highest BCUT2D eigenvalue weighted by atomic mass is 16.4. The van der Waals surface area contributed by atoms with E-state index in [0.717, 1.165) is 12.8 Å². The fourth-order valence-electron chi connectivity index (χ4n) is 2.43. The van der Waals surface area contributed by atoms with Gasteiger partial charge in [0.2, 0.25) is 11.8 Å². The molecule has 1 rings (SSSR count). The molecule has 120 valence electrons. The predicted molar refractivity (Wildman–Crippen MR) is 78.6 cm³/mol. The molecule has 1 fully saturated rings. The number of piperidine rings is 1. The lowest BCUT2D eigenvalue weighted by Crippen LogP contribution is -2.52. The first-order chi connectivity index (χ1) is 9.61. The van der Waals surface area contributed by atoms with Crippen LogP contribution in [0.25, 0.3) is 0 Å². The normalized spacial score (nSPS) is 20.8. The Morgan fingerprint density at radius 3 is 2.48 bits per heavy atom. The van der Waals surface area contributed by atoms with Gasteiger partial charge in [0.15, 0.2) is 0 Å². The summed E-state index contributed by atoms with van der Waals surface area (Å²) in [5, 5.41) is 11.6. The van der Waals surface area contributed by atoms with Gasteiger partial charge in [0.05, 0.1) is 0 Å². The van der Waals surface area contributed by atoms with Crippen LogP contribution in [-0.4, -0.2) is 46.9 Å². The molecule has 0 bridgehead atoms. The van der Waals surface area contributed by atoms with E-state index in [1.54, 1.807) is 32.6 Å². The number of carbonyl (C=O) groups excluding carboxylic acids is 2. The van der Waals surface area contributed by atoms with Crippen molar-refractivity contribution in [3.63, 3.8) is 0 Å². The summed E-state index contributed by atoms with van der Waals surface area (Å²) in [4.78, 5) is 36.7. The van der Waals surface area contributed by atoms with Gasteiger partial charge in [-0.2, -0.15) is 0 Å². The second-order valence-corrected chi connectivity index (χ2v) is 6.84. The summed E-state index contributed by atoms with van der Waals surface area (Å²) in [5.41, 5.74) is -0.539. The van der Waals surface area contributed by atoms with Crippen LogP contribution in [0, 0.1) is 11.3 Å². The van der Waals surface area contributed by atoms with Gasteiger partial charge in [0.25, 0.3) is 0 Å². The maximum Gasteiger partial charge on any atom is 0.303 e. The Kier molecular flexibility index (Phi) is 5.75. The molecule has 6 nitrogen and oxygen atoms in total. The van der Waals surface area contributed by atoms with Crippen molar-refractivity contribution < 1.29 is 19.5 Å². The average molecular weight is 298 g/mol. The highest BCUT2D eigenvalue weighted by Crippen LogP contribution is 2.20. The lowest BCUT2D eigenvalue weighted by molar-refractivity contribution is -0.142. The molecule has 0 aromatic carbocycles. The van der Waals surface area contributed by atoms with Crippen molar-refractivity contribution in [2.45, 2.75) is 53.0 Å². The van der Waals surface area contributed by atoms with E-state index in [1.807, 2.05) is 0 Å². The highest BCUT2D eigenvalue weighted by molar-refractivity contribution is 5.89. The SMILES string of the molecule is CC(NC(=O)C(C)(C)C)C(=O)N1CCCC(CC(=O)O)C1. The summed E-state index contributed by atoms with van der Waals surface area (Å²) < 4.78 is 0. The molecular weight excluding hydrogens is 272 g/mol. The Balaban J connectivity index is 2.57. The van der Waals surface area contributed by atoms with Crippen LogP contribution in [0.5, 0.6) is 0 Å². The Bertz CT molecular complexity index is 414. The second kappa shape index (κ2) is 6.91. The number of aliphatic carboxylic acids is 1. The molecule has 2 unspecified atom stereocenters. The Morgan fingerprint density at radius 1 is 1.33 bits per heavy atom. The zero-order valence-electron chi connectivity index (χ0n) is 13.3. The molecule has 2 atom stereocenters. The lowest BCUT2D eigenvalue weighted by atomic mass is 9.94. The number of nitrogens with one attached hydrogen (secondary N) is 1. The molecule has 21 heavy (non-hydrogen) atoms. The fourth-order valence-corrected chi connectivity index (χ4v) is 2.43. The van der Waals surface area contributed by atoms with E-state index in [2.05, 4.69) is 5.32 Å². The van der Waals surface area contributed by atoms with Gasteiger partial charge in [0, 0.05) is 24.9 Å². The summed E-state index contributed by atoms with van der Waals surface area (Å²) >= 11 is 0. The number of hydrogen-bond acceptors (Lipinski definition) is 3. The van der Waals surface area contributed by atoms with Gasteiger partial charge in [-0.3, -0.25) is 14.4 Å². The molecule has 1 aliphatic rings. The summed E-state index contributed by atoms with van der Waals surface area (Å²) in [7, 11) is 0. The monoisotopic (exact) mass is 298 g/mol. The van der Waals surface area contributed by atoms with Crippen molar-refractivity contribution in [2.24, 2.45) is 11.3 Å². The van der Waals surface area contributed by atoms with Gasteiger partial charge in [-0.05, 0) is 25.7 Å². The predicted octanol–water partition coefficient (Wildman–Crippen LogP) is 1.25. The number of amides is 2. The van der Waals surface area contributed by atoms with Crippen LogP contribution in [0.4, 0.5) is 0 Å². The van der Waals surface area contributed by atoms with Crippen molar-refractivity contribution in [3.8, 4) is 0 Å². The number of likely N-dealkylation sites (tertiary alicyclic amines) is 1. The lowest BCUT2D eigenvalue weighted by Gasteiger charge is -2.34. The van der Waals surface area contributed by atoms with Gasteiger partial charge in [-0.25, -0.2) is 0 Å². The molecule has 0 radical (unpaired) electrons. The molecule has 2 N–H and O–H groups in total. The van der Waals surface area contributed by atoms with Crippen molar-refractivity contribution in [2.75, 3.05) is 13.1 Å². The third kappa shape index (κ3) is 5.36. The largest absolute Gasteiger partial charge is 0.481 e. The van der Waals surface area contributed by atoms with Crippen molar-refractivity contribution in [3.05, 3.63) is 0 Å². The highest BCUT2D eigenvalue weighted by Gasteiger charge is 2.30. The molecule has 1 heterocycles. The van der Waals surface area contributed by atoms with Crippen LogP contribution >= 0.6 is 0 Å². The van der Waals surface area contributed by atoms with E-state index in [4.69, 9.17) is 5.11 Å². The van der Waals surface area contributed by atoms with E-state index < -0.39 is 17.4 Å². The van der Waals surface area contributed by atoms with Gasteiger partial charge >= 0.3 is 5.97 Å². The molecule has 1 aliphatic heterocycles. The Hall–Kier alpha value is -1.59. The first kappa shape index (κ1) is 17.5. The number of carboxylic acid groups (broad SMARTS) is 1. The van der Waals surface area contributed by atoms with Crippen molar-refractivity contribution >= 4 is 17.8 Å². The number of carbonyl (C=O) groups is 3. The molecule has 0 aromatic rings. The maximum absolute atomic E-state index is 12.4. The quantitative estimate of drug-likeness (QED) is 0.818. The van der Waals surface area contributed by atoms with Crippen LogP contribution in [0.15, 0.2) is 0 Å².